The van der Waals surface area contributed by atoms with Gasteiger partial charge in [0.2, 0.25) is 0 Å². The van der Waals surface area contributed by atoms with Crippen molar-refractivity contribution >= 4 is 0 Å². The van der Waals surface area contributed by atoms with Gasteiger partial charge in [-0.1, -0.05) is 83.6 Å². The Morgan fingerprint density at radius 1 is 0.846 bits per heavy atom. The molecule has 2 rings (SSSR count). The molecule has 0 amide bonds. The fourth-order valence-corrected chi connectivity index (χ4v) is 4.19. The maximum Gasteiger partial charge on any atom is 0.115 e. The fraction of sp³-hybridized carbons (Fsp3) is 0.750. The molecule has 0 aromatic heterocycles. The molecule has 0 saturated carbocycles. The van der Waals surface area contributed by atoms with Gasteiger partial charge in [-0.15, -0.1) is 0 Å². The molecule has 1 aromatic rings. The molecule has 0 saturated heterocycles. The standard InChI is InChI=1S/C24H41NO/c1-2-3-4-5-6-7-8-9-10-11-12-13-18-25-23-16-14-22-20-24(26)17-15-21(22)19-23/h15,17,20,23,25-26H,2-14,16,18-19H2,1H3. The van der Waals surface area contributed by atoms with Crippen LogP contribution in [0.2, 0.25) is 0 Å². The number of fused-ring (bicyclic) bond motifs is 1. The van der Waals surface area contributed by atoms with E-state index in [2.05, 4.69) is 18.3 Å². The Kier molecular flexibility index (Phi) is 10.8. The summed E-state index contributed by atoms with van der Waals surface area (Å²) in [7, 11) is 0. The predicted octanol–water partition coefficient (Wildman–Crippen LogP) is 6.54. The molecule has 26 heavy (non-hydrogen) atoms. The first-order valence-corrected chi connectivity index (χ1v) is 11.3. The third-order valence-electron chi connectivity index (χ3n) is 5.88. The lowest BCUT2D eigenvalue weighted by Gasteiger charge is -2.25. The molecule has 0 spiro atoms. The van der Waals surface area contributed by atoms with Gasteiger partial charge in [0, 0.05) is 6.04 Å². The predicted molar refractivity (Wildman–Crippen MR) is 113 cm³/mol. The SMILES string of the molecule is CCCCCCCCCCCCCCNC1CCc2cc(O)ccc2C1. The van der Waals surface area contributed by atoms with E-state index in [1.165, 1.54) is 94.6 Å². The highest BCUT2D eigenvalue weighted by molar-refractivity contribution is 5.37. The van der Waals surface area contributed by atoms with E-state index < -0.39 is 0 Å². The first kappa shape index (κ1) is 21.3. The number of nitrogens with one attached hydrogen (secondary N) is 1. The van der Waals surface area contributed by atoms with Crippen LogP contribution in [0.5, 0.6) is 5.75 Å². The third-order valence-corrected chi connectivity index (χ3v) is 5.88. The Hall–Kier alpha value is -1.02. The molecular weight excluding hydrogens is 318 g/mol. The topological polar surface area (TPSA) is 32.3 Å². The van der Waals surface area contributed by atoms with E-state index >= 15 is 0 Å². The van der Waals surface area contributed by atoms with E-state index in [-0.39, 0.29) is 0 Å². The van der Waals surface area contributed by atoms with Crippen LogP contribution in [0, 0.1) is 0 Å². The van der Waals surface area contributed by atoms with Gasteiger partial charge in [0.15, 0.2) is 0 Å². The summed E-state index contributed by atoms with van der Waals surface area (Å²) in [5.74, 6) is 0.409. The Labute approximate surface area is 161 Å². The Balaban J connectivity index is 1.39. The zero-order valence-corrected chi connectivity index (χ0v) is 17.1. The summed E-state index contributed by atoms with van der Waals surface area (Å²) in [4.78, 5) is 0. The number of aryl methyl sites for hydroxylation is 1. The van der Waals surface area contributed by atoms with Crippen LogP contribution in [-0.2, 0) is 12.8 Å². The lowest BCUT2D eigenvalue weighted by atomic mass is 9.88. The van der Waals surface area contributed by atoms with Crippen LogP contribution in [0.25, 0.3) is 0 Å². The van der Waals surface area contributed by atoms with Gasteiger partial charge in [0.25, 0.3) is 0 Å². The summed E-state index contributed by atoms with van der Waals surface area (Å²) in [5.41, 5.74) is 2.76. The summed E-state index contributed by atoms with van der Waals surface area (Å²) in [6, 6.07) is 6.49. The van der Waals surface area contributed by atoms with Crippen LogP contribution in [0.4, 0.5) is 0 Å². The summed E-state index contributed by atoms with van der Waals surface area (Å²) in [6.45, 7) is 3.45. The maximum absolute atomic E-state index is 9.57. The van der Waals surface area contributed by atoms with E-state index in [0.717, 1.165) is 19.4 Å². The van der Waals surface area contributed by atoms with Crippen molar-refractivity contribution < 1.29 is 5.11 Å². The number of rotatable bonds is 14. The third kappa shape index (κ3) is 8.58. The largest absolute Gasteiger partial charge is 0.508 e. The molecule has 2 nitrogen and oxygen atoms in total. The van der Waals surface area contributed by atoms with Gasteiger partial charge >= 0.3 is 0 Å². The van der Waals surface area contributed by atoms with Crippen LogP contribution in [0.15, 0.2) is 18.2 Å². The lowest BCUT2D eigenvalue weighted by molar-refractivity contribution is 0.441. The van der Waals surface area contributed by atoms with Crippen LogP contribution >= 0.6 is 0 Å². The number of unbranched alkanes of at least 4 members (excludes halogenated alkanes) is 11. The second-order valence-corrected chi connectivity index (χ2v) is 8.24. The van der Waals surface area contributed by atoms with Crippen molar-refractivity contribution in [3.63, 3.8) is 0 Å². The molecular formula is C24H41NO. The van der Waals surface area contributed by atoms with Crippen molar-refractivity contribution in [3.8, 4) is 5.75 Å². The number of hydrogen-bond acceptors (Lipinski definition) is 2. The zero-order chi connectivity index (χ0) is 18.5. The van der Waals surface area contributed by atoms with Crippen LogP contribution in [0.1, 0.15) is 102 Å². The smallest absolute Gasteiger partial charge is 0.115 e. The Morgan fingerprint density at radius 3 is 2.12 bits per heavy atom. The molecule has 2 heteroatoms. The quantitative estimate of drug-likeness (QED) is 0.370. The molecule has 1 aliphatic carbocycles. The van der Waals surface area contributed by atoms with E-state index in [1.807, 2.05) is 12.1 Å². The summed E-state index contributed by atoms with van der Waals surface area (Å²) >= 11 is 0. The fourth-order valence-electron chi connectivity index (χ4n) is 4.19. The van der Waals surface area contributed by atoms with Gasteiger partial charge in [0.1, 0.15) is 5.75 Å². The van der Waals surface area contributed by atoms with Gasteiger partial charge in [-0.25, -0.2) is 0 Å². The van der Waals surface area contributed by atoms with Gasteiger partial charge in [-0.2, -0.15) is 0 Å². The Morgan fingerprint density at radius 2 is 1.46 bits per heavy atom. The number of hydrogen-bond donors (Lipinski definition) is 2. The van der Waals surface area contributed by atoms with E-state index in [0.29, 0.717) is 11.8 Å². The molecule has 1 aliphatic rings. The highest BCUT2D eigenvalue weighted by Crippen LogP contribution is 2.25. The molecule has 148 valence electrons. The summed E-state index contributed by atoms with van der Waals surface area (Å²) in [6.07, 6.45) is 20.4. The Bertz CT molecular complexity index is 485. The molecule has 0 bridgehead atoms. The van der Waals surface area contributed by atoms with Crippen molar-refractivity contribution in [2.45, 2.75) is 109 Å². The van der Waals surface area contributed by atoms with Gasteiger partial charge in [-0.05, 0) is 55.5 Å². The number of aromatic hydroxyl groups is 1. The number of phenols is 1. The normalized spacial score (nSPS) is 16.6. The van der Waals surface area contributed by atoms with E-state index in [4.69, 9.17) is 0 Å². The minimum Gasteiger partial charge on any atom is -0.508 e. The highest BCUT2D eigenvalue weighted by Gasteiger charge is 2.18. The second-order valence-electron chi connectivity index (χ2n) is 8.24. The van der Waals surface area contributed by atoms with Crippen LogP contribution < -0.4 is 5.32 Å². The molecule has 2 N–H and O–H groups in total. The first-order valence-electron chi connectivity index (χ1n) is 11.3. The molecule has 1 aromatic carbocycles. The van der Waals surface area contributed by atoms with Gasteiger partial charge in [-0.3, -0.25) is 0 Å². The minimum absolute atomic E-state index is 0.409. The van der Waals surface area contributed by atoms with Crippen molar-refractivity contribution in [3.05, 3.63) is 29.3 Å². The average molecular weight is 360 g/mol. The van der Waals surface area contributed by atoms with Crippen molar-refractivity contribution in [1.82, 2.24) is 5.32 Å². The highest BCUT2D eigenvalue weighted by atomic mass is 16.3. The average Bonchev–Trinajstić information content (AvgIpc) is 2.65. The molecule has 0 fully saturated rings. The number of benzene rings is 1. The van der Waals surface area contributed by atoms with Crippen molar-refractivity contribution in [2.75, 3.05) is 6.54 Å². The maximum atomic E-state index is 9.57. The van der Waals surface area contributed by atoms with Gasteiger partial charge in [0.05, 0.1) is 0 Å². The molecule has 1 atom stereocenters. The van der Waals surface area contributed by atoms with Gasteiger partial charge < -0.3 is 10.4 Å². The minimum atomic E-state index is 0.409. The summed E-state index contributed by atoms with van der Waals surface area (Å²) in [5, 5.41) is 13.3. The molecule has 0 heterocycles. The zero-order valence-electron chi connectivity index (χ0n) is 17.1. The second kappa shape index (κ2) is 13.2. The lowest BCUT2D eigenvalue weighted by Crippen LogP contribution is -2.35. The first-order chi connectivity index (χ1) is 12.8. The number of phenolic OH excluding ortho intramolecular Hbond substituents is 1. The van der Waals surface area contributed by atoms with Crippen molar-refractivity contribution in [2.24, 2.45) is 0 Å². The summed E-state index contributed by atoms with van der Waals surface area (Å²) < 4.78 is 0. The van der Waals surface area contributed by atoms with Crippen LogP contribution in [0.3, 0.4) is 0 Å². The van der Waals surface area contributed by atoms with Crippen molar-refractivity contribution in [1.29, 1.82) is 0 Å². The molecule has 1 unspecified atom stereocenters. The van der Waals surface area contributed by atoms with E-state index in [1.54, 1.807) is 0 Å². The monoisotopic (exact) mass is 359 g/mol. The van der Waals surface area contributed by atoms with E-state index in [9.17, 15) is 5.11 Å². The molecule has 0 radical (unpaired) electrons. The molecule has 0 aliphatic heterocycles. The van der Waals surface area contributed by atoms with Crippen LogP contribution in [-0.4, -0.2) is 17.7 Å².